The molecule has 1 aliphatic rings. The molecule has 4 rings (SSSR count). The monoisotopic (exact) mass is 458 g/mol. The van der Waals surface area contributed by atoms with Crippen LogP contribution < -0.4 is 10.1 Å². The molecular formula is C26H22N2O4S. The molecule has 166 valence electrons. The summed E-state index contributed by atoms with van der Waals surface area (Å²) >= 11 is 0.835. The molecule has 0 bridgehead atoms. The maximum Gasteiger partial charge on any atom is 0.294 e. The van der Waals surface area contributed by atoms with Crippen LogP contribution in [0.1, 0.15) is 12.5 Å². The number of anilines is 1. The van der Waals surface area contributed by atoms with Crippen LogP contribution in [0.5, 0.6) is 5.75 Å². The first-order valence-electron chi connectivity index (χ1n) is 10.5. The molecule has 0 unspecified atom stereocenters. The summed E-state index contributed by atoms with van der Waals surface area (Å²) in [6.45, 7) is 2.10. The normalized spacial score (nSPS) is 14.6. The second kappa shape index (κ2) is 10.2. The minimum atomic E-state index is -0.473. The van der Waals surface area contributed by atoms with E-state index in [0.29, 0.717) is 22.9 Å². The van der Waals surface area contributed by atoms with E-state index in [1.54, 1.807) is 30.3 Å². The van der Waals surface area contributed by atoms with Crippen LogP contribution in [0.2, 0.25) is 0 Å². The minimum Gasteiger partial charge on any atom is -0.494 e. The largest absolute Gasteiger partial charge is 0.494 e. The van der Waals surface area contributed by atoms with E-state index in [-0.39, 0.29) is 6.54 Å². The quantitative estimate of drug-likeness (QED) is 0.478. The highest BCUT2D eigenvalue weighted by molar-refractivity contribution is 8.18. The number of hydrogen-bond donors (Lipinski definition) is 1. The number of nitrogens with zero attached hydrogens (tertiary/aromatic N) is 1. The summed E-state index contributed by atoms with van der Waals surface area (Å²) in [4.78, 5) is 38.7. The molecule has 0 saturated carbocycles. The molecule has 0 atom stereocenters. The second-order valence-electron chi connectivity index (χ2n) is 7.26. The number of benzene rings is 3. The van der Waals surface area contributed by atoms with Crippen molar-refractivity contribution >= 4 is 40.6 Å². The molecule has 33 heavy (non-hydrogen) atoms. The number of thioether (sulfide) groups is 1. The molecular weight excluding hydrogens is 436 g/mol. The van der Waals surface area contributed by atoms with Crippen LogP contribution in [0.4, 0.5) is 10.5 Å². The number of nitrogens with one attached hydrogen (secondary N) is 1. The first-order chi connectivity index (χ1) is 16.0. The Bertz CT molecular complexity index is 1190. The van der Waals surface area contributed by atoms with Crippen LogP contribution in [0, 0.1) is 0 Å². The highest BCUT2D eigenvalue weighted by atomic mass is 32.2. The molecule has 6 nitrogen and oxygen atoms in total. The van der Waals surface area contributed by atoms with E-state index >= 15 is 0 Å². The van der Waals surface area contributed by atoms with Crippen molar-refractivity contribution in [3.63, 3.8) is 0 Å². The van der Waals surface area contributed by atoms with Crippen LogP contribution in [-0.4, -0.2) is 35.1 Å². The highest BCUT2D eigenvalue weighted by Gasteiger charge is 2.36. The number of amides is 3. The van der Waals surface area contributed by atoms with Gasteiger partial charge in [-0.25, -0.2) is 0 Å². The fourth-order valence-corrected chi connectivity index (χ4v) is 4.17. The molecule has 1 fully saturated rings. The van der Waals surface area contributed by atoms with Gasteiger partial charge < -0.3 is 10.1 Å². The molecule has 3 aromatic rings. The lowest BCUT2D eigenvalue weighted by molar-refractivity contribution is -0.127. The Hall–Kier alpha value is -3.84. The van der Waals surface area contributed by atoms with Gasteiger partial charge >= 0.3 is 0 Å². The Morgan fingerprint density at radius 2 is 1.61 bits per heavy atom. The molecule has 1 saturated heterocycles. The Morgan fingerprint density at radius 1 is 0.939 bits per heavy atom. The van der Waals surface area contributed by atoms with Gasteiger partial charge in [0.1, 0.15) is 12.3 Å². The Balaban J connectivity index is 1.39. The Labute approximate surface area is 196 Å². The van der Waals surface area contributed by atoms with Gasteiger partial charge in [-0.1, -0.05) is 54.6 Å². The molecule has 0 aromatic heterocycles. The summed E-state index contributed by atoms with van der Waals surface area (Å²) in [5.41, 5.74) is 3.53. The molecule has 3 aromatic carbocycles. The van der Waals surface area contributed by atoms with Gasteiger partial charge in [-0.2, -0.15) is 0 Å². The lowest BCUT2D eigenvalue weighted by Gasteiger charge is -2.12. The average Bonchev–Trinajstić information content (AvgIpc) is 3.09. The lowest BCUT2D eigenvalue weighted by Crippen LogP contribution is -2.36. The lowest BCUT2D eigenvalue weighted by atomic mass is 10.0. The van der Waals surface area contributed by atoms with Gasteiger partial charge in [0.25, 0.3) is 11.1 Å². The summed E-state index contributed by atoms with van der Waals surface area (Å²) in [6, 6.07) is 24.6. The zero-order chi connectivity index (χ0) is 23.2. The molecule has 3 amide bonds. The van der Waals surface area contributed by atoms with Gasteiger partial charge in [0.05, 0.1) is 11.5 Å². The van der Waals surface area contributed by atoms with E-state index in [2.05, 4.69) is 5.32 Å². The topological polar surface area (TPSA) is 75.7 Å². The van der Waals surface area contributed by atoms with E-state index in [4.69, 9.17) is 4.74 Å². The van der Waals surface area contributed by atoms with Crippen LogP contribution in [0.15, 0.2) is 83.8 Å². The third kappa shape index (κ3) is 5.51. The van der Waals surface area contributed by atoms with Crippen molar-refractivity contribution in [3.8, 4) is 16.9 Å². The molecule has 1 heterocycles. The van der Waals surface area contributed by atoms with Crippen molar-refractivity contribution in [2.75, 3.05) is 18.5 Å². The number of carbonyl (C=O) groups excluding carboxylic acids is 3. The van der Waals surface area contributed by atoms with Crippen molar-refractivity contribution in [2.24, 2.45) is 0 Å². The minimum absolute atomic E-state index is 0.293. The van der Waals surface area contributed by atoms with Crippen LogP contribution in [-0.2, 0) is 9.59 Å². The van der Waals surface area contributed by atoms with Gasteiger partial charge in [0.2, 0.25) is 5.91 Å². The maximum atomic E-state index is 12.7. The SMILES string of the molecule is CCOc1ccc(NC(=O)CN2C(=O)S/C(=C\c3ccc(-c4ccccc4)cc3)C2=O)cc1. The van der Waals surface area contributed by atoms with Crippen molar-refractivity contribution in [1.82, 2.24) is 4.90 Å². The van der Waals surface area contributed by atoms with Gasteiger partial charge in [-0.3, -0.25) is 19.3 Å². The fraction of sp³-hybridized carbons (Fsp3) is 0.115. The first kappa shape index (κ1) is 22.4. The molecule has 7 heteroatoms. The first-order valence-corrected chi connectivity index (χ1v) is 11.3. The number of imide groups is 1. The second-order valence-corrected chi connectivity index (χ2v) is 8.25. The average molecular weight is 459 g/mol. The van der Waals surface area contributed by atoms with Gasteiger partial charge in [0.15, 0.2) is 0 Å². The number of carbonyl (C=O) groups is 3. The molecule has 0 radical (unpaired) electrons. The highest BCUT2D eigenvalue weighted by Crippen LogP contribution is 2.32. The van der Waals surface area contributed by atoms with E-state index in [1.165, 1.54) is 0 Å². The summed E-state index contributed by atoms with van der Waals surface area (Å²) in [5.74, 6) is -0.225. The summed E-state index contributed by atoms with van der Waals surface area (Å²) in [6.07, 6.45) is 1.67. The van der Waals surface area contributed by atoms with Crippen LogP contribution in [0.3, 0.4) is 0 Å². The van der Waals surface area contributed by atoms with Crippen LogP contribution in [0.25, 0.3) is 17.2 Å². The maximum absolute atomic E-state index is 12.7. The Morgan fingerprint density at radius 3 is 2.27 bits per heavy atom. The molecule has 0 spiro atoms. The standard InChI is InChI=1S/C26H22N2O4S/c1-2-32-22-14-12-21(13-15-22)27-24(29)17-28-25(30)23(33-26(28)31)16-18-8-10-20(11-9-18)19-6-4-3-5-7-19/h3-16H,2,17H2,1H3,(H,27,29)/b23-16-. The third-order valence-electron chi connectivity index (χ3n) is 4.94. The zero-order valence-electron chi connectivity index (χ0n) is 18.0. The summed E-state index contributed by atoms with van der Waals surface area (Å²) < 4.78 is 5.37. The number of rotatable bonds is 7. The van der Waals surface area contributed by atoms with Crippen molar-refractivity contribution in [2.45, 2.75) is 6.92 Å². The smallest absolute Gasteiger partial charge is 0.294 e. The van der Waals surface area contributed by atoms with E-state index in [1.807, 2.05) is 61.5 Å². The van der Waals surface area contributed by atoms with Gasteiger partial charge in [0, 0.05) is 5.69 Å². The summed E-state index contributed by atoms with van der Waals surface area (Å²) in [7, 11) is 0. The summed E-state index contributed by atoms with van der Waals surface area (Å²) in [5, 5.41) is 2.23. The van der Waals surface area contributed by atoms with Crippen LogP contribution >= 0.6 is 11.8 Å². The van der Waals surface area contributed by atoms with Gasteiger partial charge in [-0.15, -0.1) is 0 Å². The predicted molar refractivity (Wildman–Crippen MR) is 131 cm³/mol. The van der Waals surface area contributed by atoms with Gasteiger partial charge in [-0.05, 0) is 65.7 Å². The molecule has 1 N–H and O–H groups in total. The Kier molecular flexibility index (Phi) is 6.90. The fourth-order valence-electron chi connectivity index (χ4n) is 3.34. The molecule has 1 aliphatic heterocycles. The van der Waals surface area contributed by atoms with Crippen molar-refractivity contribution in [1.29, 1.82) is 0 Å². The van der Waals surface area contributed by atoms with E-state index in [0.717, 1.165) is 33.4 Å². The predicted octanol–water partition coefficient (Wildman–Crippen LogP) is 5.43. The number of ether oxygens (including phenoxy) is 1. The third-order valence-corrected chi connectivity index (χ3v) is 5.85. The van der Waals surface area contributed by atoms with E-state index < -0.39 is 17.1 Å². The van der Waals surface area contributed by atoms with E-state index in [9.17, 15) is 14.4 Å². The van der Waals surface area contributed by atoms with Crippen molar-refractivity contribution in [3.05, 3.63) is 89.3 Å². The number of hydrogen-bond acceptors (Lipinski definition) is 5. The molecule has 0 aliphatic carbocycles. The zero-order valence-corrected chi connectivity index (χ0v) is 18.8. The van der Waals surface area contributed by atoms with Crippen molar-refractivity contribution < 1.29 is 19.1 Å².